The van der Waals surface area contributed by atoms with Crippen LogP contribution in [0.4, 0.5) is 0 Å². The number of hydrogen-bond acceptors (Lipinski definition) is 4. The van der Waals surface area contributed by atoms with Gasteiger partial charge in [0, 0.05) is 19.8 Å². The molecule has 2 aliphatic heterocycles. The van der Waals surface area contributed by atoms with E-state index >= 15 is 0 Å². The lowest BCUT2D eigenvalue weighted by Gasteiger charge is -2.43. The lowest BCUT2D eigenvalue weighted by Crippen LogP contribution is -2.52. The maximum atomic E-state index is 12.0. The summed E-state index contributed by atoms with van der Waals surface area (Å²) in [6.45, 7) is 8.37. The van der Waals surface area contributed by atoms with Gasteiger partial charge in [0.15, 0.2) is 0 Å². The lowest BCUT2D eigenvalue weighted by atomic mass is 9.73. The van der Waals surface area contributed by atoms with Gasteiger partial charge >= 0.3 is 5.97 Å². The van der Waals surface area contributed by atoms with Crippen molar-refractivity contribution in [3.05, 3.63) is 0 Å². The Balaban J connectivity index is 1.84. The van der Waals surface area contributed by atoms with Crippen LogP contribution in [0.25, 0.3) is 0 Å². The smallest absolute Gasteiger partial charge is 0.323 e. The summed E-state index contributed by atoms with van der Waals surface area (Å²) in [5.74, 6) is -0.107. The lowest BCUT2D eigenvalue weighted by molar-refractivity contribution is -0.159. The van der Waals surface area contributed by atoms with Crippen molar-refractivity contribution in [3.8, 4) is 0 Å². The molecule has 0 bridgehead atoms. The van der Waals surface area contributed by atoms with Crippen molar-refractivity contribution >= 4 is 5.97 Å². The molecule has 0 amide bonds. The maximum Gasteiger partial charge on any atom is 0.323 e. The van der Waals surface area contributed by atoms with Crippen LogP contribution in [0.1, 0.15) is 46.5 Å². The molecule has 1 atom stereocenters. The molecule has 0 aromatic heterocycles. The summed E-state index contributed by atoms with van der Waals surface area (Å²) >= 11 is 0. The second-order valence-electron chi connectivity index (χ2n) is 6.62. The van der Waals surface area contributed by atoms with E-state index in [2.05, 4.69) is 5.32 Å². The van der Waals surface area contributed by atoms with E-state index in [0.717, 1.165) is 45.4 Å². The highest BCUT2D eigenvalue weighted by molar-refractivity contribution is 5.76. The number of carbonyl (C=O) groups excluding carboxylic acids is 1. The predicted molar refractivity (Wildman–Crippen MR) is 69.4 cm³/mol. The molecule has 0 aliphatic carbocycles. The third-order valence-electron chi connectivity index (χ3n) is 3.93. The maximum absolute atomic E-state index is 12.0. The Kier molecular flexibility index (Phi) is 3.97. The highest BCUT2D eigenvalue weighted by Gasteiger charge is 2.39. The summed E-state index contributed by atoms with van der Waals surface area (Å²) in [6, 6.07) is -0.127. The van der Waals surface area contributed by atoms with E-state index in [1.165, 1.54) is 0 Å². The average molecular weight is 255 g/mol. The molecule has 18 heavy (non-hydrogen) atoms. The summed E-state index contributed by atoms with van der Waals surface area (Å²) in [6.07, 6.45) is 4.21. The van der Waals surface area contributed by atoms with Gasteiger partial charge in [0.2, 0.25) is 0 Å². The van der Waals surface area contributed by atoms with Crippen LogP contribution in [0, 0.1) is 5.41 Å². The third kappa shape index (κ3) is 3.45. The Hall–Kier alpha value is -0.610. The van der Waals surface area contributed by atoms with Gasteiger partial charge in [-0.15, -0.1) is 0 Å². The van der Waals surface area contributed by atoms with Crippen molar-refractivity contribution in [3.63, 3.8) is 0 Å². The predicted octanol–water partition coefficient (Wildman–Crippen LogP) is 1.88. The van der Waals surface area contributed by atoms with Crippen molar-refractivity contribution in [1.29, 1.82) is 0 Å². The molecule has 4 nitrogen and oxygen atoms in total. The largest absolute Gasteiger partial charge is 0.459 e. The number of rotatable bonds is 1. The minimum Gasteiger partial charge on any atom is -0.459 e. The molecule has 1 spiro atoms. The molecule has 0 aromatic rings. The molecule has 2 saturated heterocycles. The van der Waals surface area contributed by atoms with E-state index in [4.69, 9.17) is 9.47 Å². The van der Waals surface area contributed by atoms with E-state index < -0.39 is 5.60 Å². The fraction of sp³-hybridized carbons (Fsp3) is 0.929. The summed E-state index contributed by atoms with van der Waals surface area (Å²) in [4.78, 5) is 12.0. The first-order chi connectivity index (χ1) is 8.40. The number of ether oxygens (including phenoxy) is 2. The molecule has 0 aromatic carbocycles. The van der Waals surface area contributed by atoms with E-state index in [-0.39, 0.29) is 12.0 Å². The third-order valence-corrected chi connectivity index (χ3v) is 3.93. The highest BCUT2D eigenvalue weighted by Crippen LogP contribution is 2.37. The zero-order valence-corrected chi connectivity index (χ0v) is 11.8. The molecule has 2 fully saturated rings. The minimum atomic E-state index is -0.396. The monoisotopic (exact) mass is 255 g/mol. The summed E-state index contributed by atoms with van der Waals surface area (Å²) in [5.41, 5.74) is -0.0384. The zero-order valence-electron chi connectivity index (χ0n) is 11.8. The molecule has 0 radical (unpaired) electrons. The Morgan fingerprint density at radius 3 is 2.44 bits per heavy atom. The summed E-state index contributed by atoms with van der Waals surface area (Å²) in [7, 11) is 0. The average Bonchev–Trinajstić information content (AvgIpc) is 2.28. The molecular weight excluding hydrogens is 230 g/mol. The second kappa shape index (κ2) is 5.17. The van der Waals surface area contributed by atoms with Crippen LogP contribution in [0.3, 0.4) is 0 Å². The SMILES string of the molecule is CC(C)(C)OC(=O)C1CCC2(CCOCC2)CN1. The van der Waals surface area contributed by atoms with Gasteiger partial charge in [-0.25, -0.2) is 0 Å². The normalized spacial score (nSPS) is 28.1. The Labute approximate surface area is 109 Å². The molecule has 1 N–H and O–H groups in total. The highest BCUT2D eigenvalue weighted by atomic mass is 16.6. The molecule has 2 rings (SSSR count). The van der Waals surface area contributed by atoms with Gasteiger partial charge in [-0.1, -0.05) is 0 Å². The molecule has 104 valence electrons. The molecule has 4 heteroatoms. The van der Waals surface area contributed by atoms with Crippen LogP contribution >= 0.6 is 0 Å². The number of piperidine rings is 1. The van der Waals surface area contributed by atoms with E-state index in [9.17, 15) is 4.79 Å². The van der Waals surface area contributed by atoms with Crippen LogP contribution in [0.2, 0.25) is 0 Å². The summed E-state index contributed by atoms with van der Waals surface area (Å²) in [5, 5.41) is 3.37. The minimum absolute atomic E-state index is 0.107. The topological polar surface area (TPSA) is 47.6 Å². The van der Waals surface area contributed by atoms with Gasteiger partial charge < -0.3 is 14.8 Å². The van der Waals surface area contributed by atoms with Gasteiger partial charge in [-0.05, 0) is 51.9 Å². The summed E-state index contributed by atoms with van der Waals surface area (Å²) < 4.78 is 10.8. The Morgan fingerprint density at radius 1 is 1.28 bits per heavy atom. The van der Waals surface area contributed by atoms with Crippen LogP contribution in [-0.2, 0) is 14.3 Å². The number of hydrogen-bond donors (Lipinski definition) is 1. The van der Waals surface area contributed by atoms with Crippen molar-refractivity contribution in [2.45, 2.75) is 58.1 Å². The first-order valence-corrected chi connectivity index (χ1v) is 6.94. The van der Waals surface area contributed by atoms with E-state index in [1.807, 2.05) is 20.8 Å². The van der Waals surface area contributed by atoms with Gasteiger partial charge in [-0.3, -0.25) is 4.79 Å². The Bertz CT molecular complexity index is 293. The fourth-order valence-electron chi connectivity index (χ4n) is 2.79. The van der Waals surface area contributed by atoms with E-state index in [0.29, 0.717) is 5.41 Å². The first-order valence-electron chi connectivity index (χ1n) is 6.94. The second-order valence-corrected chi connectivity index (χ2v) is 6.62. The molecule has 1 unspecified atom stereocenters. The van der Waals surface area contributed by atoms with Crippen LogP contribution < -0.4 is 5.32 Å². The van der Waals surface area contributed by atoms with Gasteiger partial charge in [0.25, 0.3) is 0 Å². The van der Waals surface area contributed by atoms with E-state index in [1.54, 1.807) is 0 Å². The van der Waals surface area contributed by atoms with Crippen molar-refractivity contribution in [2.75, 3.05) is 19.8 Å². The van der Waals surface area contributed by atoms with Crippen LogP contribution in [0.5, 0.6) is 0 Å². The van der Waals surface area contributed by atoms with Gasteiger partial charge in [0.05, 0.1) is 0 Å². The van der Waals surface area contributed by atoms with Crippen molar-refractivity contribution in [2.24, 2.45) is 5.41 Å². The number of esters is 1. The molecule has 2 aliphatic rings. The van der Waals surface area contributed by atoms with Crippen molar-refractivity contribution in [1.82, 2.24) is 5.32 Å². The Morgan fingerprint density at radius 2 is 1.94 bits per heavy atom. The quantitative estimate of drug-likeness (QED) is 0.727. The molecule has 0 saturated carbocycles. The van der Waals surface area contributed by atoms with Gasteiger partial charge in [0.1, 0.15) is 11.6 Å². The number of carbonyl (C=O) groups is 1. The first kappa shape index (κ1) is 13.8. The number of nitrogens with one attached hydrogen (secondary N) is 1. The fourth-order valence-corrected chi connectivity index (χ4v) is 2.79. The van der Waals surface area contributed by atoms with Crippen molar-refractivity contribution < 1.29 is 14.3 Å². The van der Waals surface area contributed by atoms with Gasteiger partial charge in [-0.2, -0.15) is 0 Å². The zero-order chi connectivity index (χ0) is 13.2. The van der Waals surface area contributed by atoms with Crippen LogP contribution in [-0.4, -0.2) is 37.4 Å². The standard InChI is InChI=1S/C14H25NO3/c1-13(2,3)18-12(16)11-4-5-14(10-15-11)6-8-17-9-7-14/h11,15H,4-10H2,1-3H3. The van der Waals surface area contributed by atoms with Crippen LogP contribution in [0.15, 0.2) is 0 Å². The molecular formula is C14H25NO3. The molecule has 2 heterocycles.